The first-order valence-electron chi connectivity index (χ1n) is 5.80. The van der Waals surface area contributed by atoms with Gasteiger partial charge in [-0.05, 0) is 24.1 Å². The van der Waals surface area contributed by atoms with Crippen molar-refractivity contribution in [2.45, 2.75) is 19.4 Å². The maximum absolute atomic E-state index is 12.0. The van der Waals surface area contributed by atoms with Gasteiger partial charge in [0.15, 0.2) is 0 Å². The standard InChI is InChI=1S/C13H15NO4/c1-18-12(16)3-2-6-14-8-9-4-5-10(15)7-11(9)13(14)17/h4-5,7,15H,2-3,6,8H2,1H3. The van der Waals surface area contributed by atoms with E-state index in [2.05, 4.69) is 4.74 Å². The average Bonchev–Trinajstić information content (AvgIpc) is 2.66. The Hall–Kier alpha value is -2.04. The smallest absolute Gasteiger partial charge is 0.305 e. The van der Waals surface area contributed by atoms with Crippen LogP contribution in [0.4, 0.5) is 0 Å². The summed E-state index contributed by atoms with van der Waals surface area (Å²) in [4.78, 5) is 24.6. The van der Waals surface area contributed by atoms with Crippen molar-refractivity contribution in [1.82, 2.24) is 4.90 Å². The van der Waals surface area contributed by atoms with Gasteiger partial charge in [-0.2, -0.15) is 0 Å². The Balaban J connectivity index is 1.95. The summed E-state index contributed by atoms with van der Waals surface area (Å²) < 4.78 is 4.54. The number of esters is 1. The van der Waals surface area contributed by atoms with Crippen molar-refractivity contribution in [2.75, 3.05) is 13.7 Å². The lowest BCUT2D eigenvalue weighted by Gasteiger charge is -2.14. The van der Waals surface area contributed by atoms with Gasteiger partial charge in [0.1, 0.15) is 5.75 Å². The molecule has 5 heteroatoms. The van der Waals surface area contributed by atoms with Crippen molar-refractivity contribution in [1.29, 1.82) is 0 Å². The van der Waals surface area contributed by atoms with Crippen molar-refractivity contribution in [3.8, 4) is 5.75 Å². The lowest BCUT2D eigenvalue weighted by Crippen LogP contribution is -2.25. The Bertz CT molecular complexity index is 484. The van der Waals surface area contributed by atoms with E-state index in [9.17, 15) is 14.7 Å². The van der Waals surface area contributed by atoms with Gasteiger partial charge >= 0.3 is 5.97 Å². The number of carbonyl (C=O) groups is 2. The van der Waals surface area contributed by atoms with E-state index in [1.54, 1.807) is 17.0 Å². The largest absolute Gasteiger partial charge is 0.508 e. The molecule has 1 N–H and O–H groups in total. The number of phenols is 1. The fraction of sp³-hybridized carbons (Fsp3) is 0.385. The Kier molecular flexibility index (Phi) is 3.50. The molecule has 1 heterocycles. The van der Waals surface area contributed by atoms with Crippen molar-refractivity contribution >= 4 is 11.9 Å². The van der Waals surface area contributed by atoms with E-state index in [-0.39, 0.29) is 17.6 Å². The number of rotatable bonds is 4. The van der Waals surface area contributed by atoms with E-state index < -0.39 is 0 Å². The second-order valence-electron chi connectivity index (χ2n) is 4.25. The van der Waals surface area contributed by atoms with E-state index >= 15 is 0 Å². The first-order chi connectivity index (χ1) is 8.61. The molecule has 0 aromatic heterocycles. The third-order valence-electron chi connectivity index (χ3n) is 3.01. The summed E-state index contributed by atoms with van der Waals surface area (Å²) in [6.07, 6.45) is 0.889. The molecule has 1 amide bonds. The normalized spacial score (nSPS) is 13.6. The number of phenolic OH excluding ortho intramolecular Hbond substituents is 1. The number of hydrogen-bond donors (Lipinski definition) is 1. The van der Waals surface area contributed by atoms with Crippen molar-refractivity contribution in [3.63, 3.8) is 0 Å². The molecule has 1 aliphatic heterocycles. The molecule has 0 saturated carbocycles. The van der Waals surface area contributed by atoms with Gasteiger partial charge in [-0.25, -0.2) is 0 Å². The summed E-state index contributed by atoms with van der Waals surface area (Å²) in [6, 6.07) is 4.81. The van der Waals surface area contributed by atoms with Gasteiger partial charge in [0.25, 0.3) is 5.91 Å². The van der Waals surface area contributed by atoms with Crippen LogP contribution in [0, 0.1) is 0 Å². The van der Waals surface area contributed by atoms with Crippen LogP contribution >= 0.6 is 0 Å². The van der Waals surface area contributed by atoms with Crippen LogP contribution in [0.15, 0.2) is 18.2 Å². The Morgan fingerprint density at radius 3 is 3.00 bits per heavy atom. The number of carbonyl (C=O) groups excluding carboxylic acids is 2. The maximum atomic E-state index is 12.0. The summed E-state index contributed by atoms with van der Waals surface area (Å²) in [5.74, 6) is -0.263. The molecular formula is C13H15NO4. The summed E-state index contributed by atoms with van der Waals surface area (Å²) in [5, 5.41) is 9.35. The molecule has 0 atom stereocenters. The van der Waals surface area contributed by atoms with Crippen molar-refractivity contribution < 1.29 is 19.4 Å². The van der Waals surface area contributed by atoms with Crippen LogP contribution in [-0.2, 0) is 16.1 Å². The van der Waals surface area contributed by atoms with E-state index in [1.165, 1.54) is 13.2 Å². The zero-order chi connectivity index (χ0) is 13.1. The molecular weight excluding hydrogens is 234 g/mol. The minimum Gasteiger partial charge on any atom is -0.508 e. The van der Waals surface area contributed by atoms with E-state index in [4.69, 9.17) is 0 Å². The monoisotopic (exact) mass is 249 g/mol. The Labute approximate surface area is 105 Å². The molecule has 0 spiro atoms. The first-order valence-corrected chi connectivity index (χ1v) is 5.80. The highest BCUT2D eigenvalue weighted by Gasteiger charge is 2.27. The molecule has 5 nitrogen and oxygen atoms in total. The molecule has 0 radical (unpaired) electrons. The quantitative estimate of drug-likeness (QED) is 0.817. The summed E-state index contributed by atoms with van der Waals surface area (Å²) >= 11 is 0. The molecule has 1 aliphatic rings. The van der Waals surface area contributed by atoms with E-state index in [0.29, 0.717) is 31.5 Å². The number of aromatic hydroxyl groups is 1. The van der Waals surface area contributed by atoms with Gasteiger partial charge in [0, 0.05) is 25.1 Å². The molecule has 2 rings (SSSR count). The highest BCUT2D eigenvalue weighted by Crippen LogP contribution is 2.26. The number of benzene rings is 1. The molecule has 1 aromatic rings. The first kappa shape index (κ1) is 12.4. The van der Waals surface area contributed by atoms with Crippen LogP contribution in [0.2, 0.25) is 0 Å². The van der Waals surface area contributed by atoms with Crippen molar-refractivity contribution in [3.05, 3.63) is 29.3 Å². The van der Waals surface area contributed by atoms with Gasteiger partial charge in [-0.3, -0.25) is 9.59 Å². The highest BCUT2D eigenvalue weighted by atomic mass is 16.5. The third-order valence-corrected chi connectivity index (χ3v) is 3.01. The van der Waals surface area contributed by atoms with Gasteiger partial charge < -0.3 is 14.7 Å². The third kappa shape index (κ3) is 2.45. The molecule has 0 fully saturated rings. The summed E-state index contributed by atoms with van der Waals surface area (Å²) in [6.45, 7) is 1.05. The Morgan fingerprint density at radius 2 is 2.28 bits per heavy atom. The summed E-state index contributed by atoms with van der Waals surface area (Å²) in [5.41, 5.74) is 1.46. The number of nitrogens with zero attached hydrogens (tertiary/aromatic N) is 1. The number of amides is 1. The van der Waals surface area contributed by atoms with Crippen LogP contribution in [0.5, 0.6) is 5.75 Å². The van der Waals surface area contributed by atoms with E-state index in [1.807, 2.05) is 0 Å². The van der Waals surface area contributed by atoms with Crippen molar-refractivity contribution in [2.24, 2.45) is 0 Å². The second-order valence-corrected chi connectivity index (χ2v) is 4.25. The Morgan fingerprint density at radius 1 is 1.50 bits per heavy atom. The van der Waals surface area contributed by atoms with Gasteiger partial charge in [-0.1, -0.05) is 6.07 Å². The molecule has 0 bridgehead atoms. The van der Waals surface area contributed by atoms with Gasteiger partial charge in [-0.15, -0.1) is 0 Å². The molecule has 0 unspecified atom stereocenters. The van der Waals surface area contributed by atoms with Crippen LogP contribution in [0.1, 0.15) is 28.8 Å². The lowest BCUT2D eigenvalue weighted by atomic mass is 10.1. The SMILES string of the molecule is COC(=O)CCCN1Cc2ccc(O)cc2C1=O. The minimum absolute atomic E-state index is 0.0919. The predicted molar refractivity (Wildman–Crippen MR) is 64.1 cm³/mol. The number of hydrogen-bond acceptors (Lipinski definition) is 4. The van der Waals surface area contributed by atoms with Gasteiger partial charge in [0.2, 0.25) is 0 Å². The molecule has 1 aromatic carbocycles. The zero-order valence-corrected chi connectivity index (χ0v) is 10.2. The predicted octanol–water partition coefficient (Wildman–Crippen LogP) is 1.30. The van der Waals surface area contributed by atoms with Crippen LogP contribution in [-0.4, -0.2) is 35.5 Å². The maximum Gasteiger partial charge on any atom is 0.305 e. The summed E-state index contributed by atoms with van der Waals surface area (Å²) in [7, 11) is 1.35. The number of ether oxygens (including phenoxy) is 1. The van der Waals surface area contributed by atoms with Crippen LogP contribution in [0.3, 0.4) is 0 Å². The highest BCUT2D eigenvalue weighted by molar-refractivity contribution is 5.98. The fourth-order valence-corrected chi connectivity index (χ4v) is 2.05. The fourth-order valence-electron chi connectivity index (χ4n) is 2.05. The molecule has 0 aliphatic carbocycles. The zero-order valence-electron chi connectivity index (χ0n) is 10.2. The van der Waals surface area contributed by atoms with E-state index in [0.717, 1.165) is 5.56 Å². The lowest BCUT2D eigenvalue weighted by molar-refractivity contribution is -0.140. The molecule has 18 heavy (non-hydrogen) atoms. The van der Waals surface area contributed by atoms with Gasteiger partial charge in [0.05, 0.1) is 7.11 Å². The number of methoxy groups -OCH3 is 1. The minimum atomic E-state index is -0.267. The van der Waals surface area contributed by atoms with Crippen LogP contribution < -0.4 is 0 Å². The topological polar surface area (TPSA) is 66.8 Å². The van der Waals surface area contributed by atoms with Crippen LogP contribution in [0.25, 0.3) is 0 Å². The molecule has 0 saturated heterocycles. The average molecular weight is 249 g/mol. The number of fused-ring (bicyclic) bond motifs is 1. The molecule has 96 valence electrons. The second kappa shape index (κ2) is 5.08.